The lowest BCUT2D eigenvalue weighted by atomic mass is 10.3. The van der Waals surface area contributed by atoms with E-state index in [2.05, 4.69) is 19.9 Å². The zero-order chi connectivity index (χ0) is 13.7. The summed E-state index contributed by atoms with van der Waals surface area (Å²) in [6, 6.07) is 1.64. The second-order valence-corrected chi connectivity index (χ2v) is 3.75. The number of aliphatic carboxylic acids is 1. The van der Waals surface area contributed by atoms with E-state index in [-0.39, 0.29) is 13.0 Å². The van der Waals surface area contributed by atoms with Gasteiger partial charge in [-0.2, -0.15) is 4.98 Å². The van der Waals surface area contributed by atoms with Crippen LogP contribution in [0.2, 0.25) is 0 Å². The molecule has 2 rings (SSSR count). The molecule has 2 aromatic heterocycles. The molecule has 7 heteroatoms. The van der Waals surface area contributed by atoms with Crippen LogP contribution in [0, 0.1) is 6.92 Å². The average Bonchev–Trinajstić information content (AvgIpc) is 2.39. The van der Waals surface area contributed by atoms with Crippen molar-refractivity contribution in [1.29, 1.82) is 0 Å². The highest BCUT2D eigenvalue weighted by Gasteiger charge is 2.07. The maximum atomic E-state index is 10.4. The number of rotatable bonds is 5. The van der Waals surface area contributed by atoms with Crippen molar-refractivity contribution >= 4 is 5.97 Å². The van der Waals surface area contributed by atoms with E-state index in [9.17, 15) is 4.79 Å². The van der Waals surface area contributed by atoms with Crippen molar-refractivity contribution in [2.24, 2.45) is 0 Å². The molecule has 0 saturated heterocycles. The SMILES string of the molecule is Cc1cc(OCCC(=O)O)nc(-c2cnccn2)n1. The Morgan fingerprint density at radius 1 is 1.37 bits per heavy atom. The molecule has 0 radical (unpaired) electrons. The first kappa shape index (κ1) is 12.9. The summed E-state index contributed by atoms with van der Waals surface area (Å²) in [5, 5.41) is 8.55. The Labute approximate surface area is 109 Å². The third kappa shape index (κ3) is 3.70. The van der Waals surface area contributed by atoms with Gasteiger partial charge in [-0.1, -0.05) is 0 Å². The van der Waals surface area contributed by atoms with Crippen LogP contribution >= 0.6 is 0 Å². The summed E-state index contributed by atoms with van der Waals surface area (Å²) in [6.07, 6.45) is 4.58. The predicted octanol–water partition coefficient (Wildman–Crippen LogP) is 1.10. The molecule has 7 nitrogen and oxygen atoms in total. The molecule has 0 unspecified atom stereocenters. The molecule has 0 aromatic carbocycles. The molecule has 0 atom stereocenters. The minimum atomic E-state index is -0.917. The van der Waals surface area contributed by atoms with Gasteiger partial charge in [0, 0.05) is 24.2 Å². The van der Waals surface area contributed by atoms with Crippen molar-refractivity contribution in [2.75, 3.05) is 6.61 Å². The van der Waals surface area contributed by atoms with Crippen molar-refractivity contribution in [2.45, 2.75) is 13.3 Å². The summed E-state index contributed by atoms with van der Waals surface area (Å²) in [4.78, 5) is 26.9. The van der Waals surface area contributed by atoms with Crippen LogP contribution in [-0.2, 0) is 4.79 Å². The third-order valence-corrected chi connectivity index (χ3v) is 2.19. The molecule has 0 amide bonds. The molecular weight excluding hydrogens is 248 g/mol. The molecule has 2 aromatic rings. The Hall–Kier alpha value is -2.57. The molecule has 98 valence electrons. The van der Waals surface area contributed by atoms with Gasteiger partial charge in [0.15, 0.2) is 5.82 Å². The summed E-state index contributed by atoms with van der Waals surface area (Å²) in [5.74, 6) is -0.187. The summed E-state index contributed by atoms with van der Waals surface area (Å²) < 4.78 is 5.28. The van der Waals surface area contributed by atoms with Crippen LogP contribution in [0.1, 0.15) is 12.1 Å². The summed E-state index contributed by atoms with van der Waals surface area (Å²) in [7, 11) is 0. The van der Waals surface area contributed by atoms with Crippen LogP contribution in [0.5, 0.6) is 5.88 Å². The van der Waals surface area contributed by atoms with Gasteiger partial charge < -0.3 is 9.84 Å². The number of carboxylic acid groups (broad SMARTS) is 1. The molecule has 1 N–H and O–H groups in total. The van der Waals surface area contributed by atoms with Gasteiger partial charge in [0.25, 0.3) is 0 Å². The minimum absolute atomic E-state index is 0.0612. The van der Waals surface area contributed by atoms with Crippen molar-refractivity contribution in [3.05, 3.63) is 30.4 Å². The van der Waals surface area contributed by atoms with Gasteiger partial charge in [0.05, 0.1) is 12.6 Å². The lowest BCUT2D eigenvalue weighted by Gasteiger charge is -2.06. The highest BCUT2D eigenvalue weighted by molar-refractivity contribution is 5.66. The number of aromatic nitrogens is 4. The van der Waals surface area contributed by atoms with Gasteiger partial charge in [-0.15, -0.1) is 0 Å². The highest BCUT2D eigenvalue weighted by atomic mass is 16.5. The predicted molar refractivity (Wildman–Crippen MR) is 65.5 cm³/mol. The van der Waals surface area contributed by atoms with E-state index in [1.165, 1.54) is 0 Å². The number of hydrogen-bond donors (Lipinski definition) is 1. The van der Waals surface area contributed by atoms with E-state index in [0.29, 0.717) is 23.1 Å². The van der Waals surface area contributed by atoms with Gasteiger partial charge in [-0.25, -0.2) is 9.97 Å². The van der Waals surface area contributed by atoms with Crippen molar-refractivity contribution in [1.82, 2.24) is 19.9 Å². The molecule has 0 bridgehead atoms. The number of carbonyl (C=O) groups is 1. The number of nitrogens with zero attached hydrogens (tertiary/aromatic N) is 4. The fourth-order valence-corrected chi connectivity index (χ4v) is 1.39. The maximum absolute atomic E-state index is 10.4. The lowest BCUT2D eigenvalue weighted by Crippen LogP contribution is -2.07. The fraction of sp³-hybridized carbons (Fsp3) is 0.250. The Bertz CT molecular complexity index is 574. The first-order valence-corrected chi connectivity index (χ1v) is 5.62. The zero-order valence-electron chi connectivity index (χ0n) is 10.3. The van der Waals surface area contributed by atoms with E-state index >= 15 is 0 Å². The van der Waals surface area contributed by atoms with Crippen molar-refractivity contribution in [3.8, 4) is 17.4 Å². The Balaban J connectivity index is 2.18. The minimum Gasteiger partial charge on any atom is -0.481 e. The second kappa shape index (κ2) is 5.85. The quantitative estimate of drug-likeness (QED) is 0.859. The van der Waals surface area contributed by atoms with E-state index in [0.717, 1.165) is 0 Å². The van der Waals surface area contributed by atoms with Gasteiger partial charge in [0.1, 0.15) is 12.3 Å². The smallest absolute Gasteiger partial charge is 0.306 e. The second-order valence-electron chi connectivity index (χ2n) is 3.75. The lowest BCUT2D eigenvalue weighted by molar-refractivity contribution is -0.137. The summed E-state index contributed by atoms with van der Waals surface area (Å²) in [6.45, 7) is 1.86. The Kier molecular flexibility index (Phi) is 3.97. The number of carboxylic acids is 1. The van der Waals surface area contributed by atoms with E-state index in [1.54, 1.807) is 31.6 Å². The summed E-state index contributed by atoms with van der Waals surface area (Å²) >= 11 is 0. The molecule has 0 spiro atoms. The molecule has 0 saturated carbocycles. The van der Waals surface area contributed by atoms with Gasteiger partial charge in [0.2, 0.25) is 5.88 Å². The van der Waals surface area contributed by atoms with Crippen LogP contribution in [0.25, 0.3) is 11.5 Å². The monoisotopic (exact) mass is 260 g/mol. The first-order chi connectivity index (χ1) is 9.15. The highest BCUT2D eigenvalue weighted by Crippen LogP contribution is 2.16. The van der Waals surface area contributed by atoms with E-state index in [4.69, 9.17) is 9.84 Å². The topological polar surface area (TPSA) is 98.1 Å². The van der Waals surface area contributed by atoms with E-state index in [1.807, 2.05) is 0 Å². The third-order valence-electron chi connectivity index (χ3n) is 2.19. The van der Waals surface area contributed by atoms with Crippen LogP contribution in [0.15, 0.2) is 24.7 Å². The summed E-state index contributed by atoms with van der Waals surface area (Å²) in [5.41, 5.74) is 1.25. The maximum Gasteiger partial charge on any atom is 0.306 e. The standard InChI is InChI=1S/C12H12N4O3/c1-8-6-10(19-5-2-11(17)18)16-12(15-8)9-7-13-3-4-14-9/h3-4,6-7H,2,5H2,1H3,(H,17,18). The van der Waals surface area contributed by atoms with E-state index < -0.39 is 5.97 Å². The largest absolute Gasteiger partial charge is 0.481 e. The van der Waals surface area contributed by atoms with Crippen LogP contribution < -0.4 is 4.74 Å². The zero-order valence-corrected chi connectivity index (χ0v) is 10.3. The molecule has 19 heavy (non-hydrogen) atoms. The van der Waals surface area contributed by atoms with Gasteiger partial charge in [-0.05, 0) is 6.92 Å². The Morgan fingerprint density at radius 2 is 2.21 bits per heavy atom. The van der Waals surface area contributed by atoms with Gasteiger partial charge in [-0.3, -0.25) is 9.78 Å². The van der Waals surface area contributed by atoms with Crippen LogP contribution in [0.4, 0.5) is 0 Å². The fourth-order valence-electron chi connectivity index (χ4n) is 1.39. The van der Waals surface area contributed by atoms with Crippen molar-refractivity contribution < 1.29 is 14.6 Å². The number of ether oxygens (including phenoxy) is 1. The van der Waals surface area contributed by atoms with Crippen LogP contribution in [0.3, 0.4) is 0 Å². The number of aryl methyl sites for hydroxylation is 1. The van der Waals surface area contributed by atoms with Crippen LogP contribution in [-0.4, -0.2) is 37.6 Å². The molecular formula is C12H12N4O3. The molecule has 0 fully saturated rings. The van der Waals surface area contributed by atoms with Gasteiger partial charge >= 0.3 is 5.97 Å². The first-order valence-electron chi connectivity index (χ1n) is 5.62. The Morgan fingerprint density at radius 3 is 2.89 bits per heavy atom. The molecule has 0 aliphatic carbocycles. The number of hydrogen-bond acceptors (Lipinski definition) is 6. The molecule has 0 aliphatic heterocycles. The van der Waals surface area contributed by atoms with Crippen molar-refractivity contribution in [3.63, 3.8) is 0 Å². The molecule has 0 aliphatic rings. The normalized spacial score (nSPS) is 10.2. The average molecular weight is 260 g/mol. The molecule has 2 heterocycles.